The Morgan fingerprint density at radius 3 is 2.22 bits per heavy atom. The molecule has 3 aromatic rings. The van der Waals surface area contributed by atoms with Crippen LogP contribution in [0.3, 0.4) is 0 Å². The first-order valence-electron chi connectivity index (χ1n) is 9.57. The third-order valence-electron chi connectivity index (χ3n) is 5.96. The Morgan fingerprint density at radius 2 is 1.44 bits per heavy atom. The highest BCUT2D eigenvalue weighted by molar-refractivity contribution is 5.95. The predicted octanol–water partition coefficient (Wildman–Crippen LogP) is 4.14. The molecule has 5 rings (SSSR count). The Kier molecular flexibility index (Phi) is 4.02. The Balaban J connectivity index is 1.38. The molecule has 134 valence electrons. The van der Waals surface area contributed by atoms with Gasteiger partial charge in [-0.25, -0.2) is 0 Å². The van der Waals surface area contributed by atoms with Crippen molar-refractivity contribution in [1.29, 1.82) is 0 Å². The second-order valence-corrected chi connectivity index (χ2v) is 7.45. The van der Waals surface area contributed by atoms with Gasteiger partial charge >= 0.3 is 0 Å². The monoisotopic (exact) mass is 354 g/mol. The standard InChI is InChI=1S/C24H22N2O/c27-24(18-12-10-17(11-13-18)16-6-2-1-3-7-16)26-23-20-9-5-4-8-19(20)21-14-25-15-22(21)23/h1-13,21-23,25H,14-15H2,(H,26,27)/t21-,22-,23+/m0/s1. The molecule has 3 heteroatoms. The SMILES string of the molecule is O=C(N[C@@H]1c2ccccc2[C@@H]2CNC[C@H]12)c1ccc(-c2ccccc2)cc1. The Bertz CT molecular complexity index is 965. The number of carbonyl (C=O) groups is 1. The van der Waals surface area contributed by atoms with Gasteiger partial charge < -0.3 is 10.6 Å². The normalized spacial score (nSPS) is 22.9. The van der Waals surface area contributed by atoms with Gasteiger partial charge in [0, 0.05) is 30.5 Å². The lowest BCUT2D eigenvalue weighted by molar-refractivity contribution is 0.0926. The summed E-state index contributed by atoms with van der Waals surface area (Å²) in [5.41, 5.74) is 5.66. The minimum absolute atomic E-state index is 0.00182. The summed E-state index contributed by atoms with van der Waals surface area (Å²) in [7, 11) is 0. The van der Waals surface area contributed by atoms with Gasteiger partial charge in [0.2, 0.25) is 0 Å². The maximum atomic E-state index is 12.9. The van der Waals surface area contributed by atoms with Gasteiger partial charge in [0.05, 0.1) is 6.04 Å². The first kappa shape index (κ1) is 16.3. The molecule has 0 unspecified atom stereocenters. The van der Waals surface area contributed by atoms with Gasteiger partial charge in [0.25, 0.3) is 5.91 Å². The Morgan fingerprint density at radius 1 is 0.778 bits per heavy atom. The van der Waals surface area contributed by atoms with Crippen LogP contribution in [0.5, 0.6) is 0 Å². The first-order chi connectivity index (χ1) is 13.3. The van der Waals surface area contributed by atoms with Crippen molar-refractivity contribution < 1.29 is 4.79 Å². The van der Waals surface area contributed by atoms with Gasteiger partial charge in [-0.05, 0) is 34.4 Å². The number of hydrogen-bond acceptors (Lipinski definition) is 2. The van der Waals surface area contributed by atoms with Crippen LogP contribution in [-0.2, 0) is 0 Å². The topological polar surface area (TPSA) is 41.1 Å². The van der Waals surface area contributed by atoms with Crippen LogP contribution in [0.25, 0.3) is 11.1 Å². The van der Waals surface area contributed by atoms with Crippen molar-refractivity contribution in [2.24, 2.45) is 5.92 Å². The summed E-state index contributed by atoms with van der Waals surface area (Å²) in [4.78, 5) is 12.9. The minimum Gasteiger partial charge on any atom is -0.345 e. The fourth-order valence-corrected chi connectivity index (χ4v) is 4.61. The van der Waals surface area contributed by atoms with Gasteiger partial charge in [-0.2, -0.15) is 0 Å². The van der Waals surface area contributed by atoms with E-state index < -0.39 is 0 Å². The highest BCUT2D eigenvalue weighted by Gasteiger charge is 2.43. The molecule has 3 nitrogen and oxygen atoms in total. The number of rotatable bonds is 3. The number of carbonyl (C=O) groups excluding carboxylic acids is 1. The summed E-state index contributed by atoms with van der Waals surface area (Å²) in [5.74, 6) is 0.948. The van der Waals surface area contributed by atoms with E-state index in [1.54, 1.807) is 0 Å². The first-order valence-corrected chi connectivity index (χ1v) is 9.57. The molecular formula is C24H22N2O. The molecule has 1 aliphatic carbocycles. The molecular weight excluding hydrogens is 332 g/mol. The summed E-state index contributed by atoms with van der Waals surface area (Å²) < 4.78 is 0. The second kappa shape index (κ2) is 6.67. The summed E-state index contributed by atoms with van der Waals surface area (Å²) in [6.45, 7) is 1.96. The van der Waals surface area contributed by atoms with Crippen molar-refractivity contribution in [1.82, 2.24) is 10.6 Å². The van der Waals surface area contributed by atoms with Gasteiger partial charge in [0.1, 0.15) is 0 Å². The molecule has 3 aromatic carbocycles. The third kappa shape index (κ3) is 2.84. The van der Waals surface area contributed by atoms with E-state index in [4.69, 9.17) is 0 Å². The van der Waals surface area contributed by atoms with E-state index in [1.165, 1.54) is 11.1 Å². The Labute approximate surface area is 159 Å². The van der Waals surface area contributed by atoms with Gasteiger partial charge in [-0.15, -0.1) is 0 Å². The van der Waals surface area contributed by atoms with Crippen LogP contribution in [0, 0.1) is 5.92 Å². The highest BCUT2D eigenvalue weighted by Crippen LogP contribution is 2.46. The van der Waals surface area contributed by atoms with Gasteiger partial charge in [-0.3, -0.25) is 4.79 Å². The van der Waals surface area contributed by atoms with Crippen LogP contribution in [0.4, 0.5) is 0 Å². The zero-order valence-corrected chi connectivity index (χ0v) is 15.1. The molecule has 0 saturated carbocycles. The number of amides is 1. The molecule has 0 radical (unpaired) electrons. The molecule has 0 aromatic heterocycles. The number of benzene rings is 3. The average Bonchev–Trinajstić information content (AvgIpc) is 3.32. The molecule has 27 heavy (non-hydrogen) atoms. The average molecular weight is 354 g/mol. The molecule has 0 spiro atoms. The smallest absolute Gasteiger partial charge is 0.251 e. The predicted molar refractivity (Wildman–Crippen MR) is 108 cm³/mol. The van der Waals surface area contributed by atoms with E-state index in [0.29, 0.717) is 17.4 Å². The van der Waals surface area contributed by atoms with Crippen LogP contribution < -0.4 is 10.6 Å². The van der Waals surface area contributed by atoms with Crippen LogP contribution in [-0.4, -0.2) is 19.0 Å². The van der Waals surface area contributed by atoms with E-state index in [2.05, 4.69) is 47.0 Å². The summed E-state index contributed by atoms with van der Waals surface area (Å²) in [6.07, 6.45) is 0. The molecule has 1 aliphatic heterocycles. The van der Waals surface area contributed by atoms with Gasteiger partial charge in [-0.1, -0.05) is 66.7 Å². The van der Waals surface area contributed by atoms with Crippen LogP contribution >= 0.6 is 0 Å². The van der Waals surface area contributed by atoms with Crippen molar-refractivity contribution >= 4 is 5.91 Å². The quantitative estimate of drug-likeness (QED) is 0.742. The fourth-order valence-electron chi connectivity index (χ4n) is 4.61. The number of fused-ring (bicyclic) bond motifs is 3. The van der Waals surface area contributed by atoms with Crippen LogP contribution in [0.15, 0.2) is 78.9 Å². The molecule has 1 heterocycles. The second-order valence-electron chi connectivity index (χ2n) is 7.45. The zero-order chi connectivity index (χ0) is 18.2. The van der Waals surface area contributed by atoms with E-state index in [9.17, 15) is 4.79 Å². The van der Waals surface area contributed by atoms with Crippen molar-refractivity contribution in [2.75, 3.05) is 13.1 Å². The fraction of sp³-hybridized carbons (Fsp3) is 0.208. The van der Waals surface area contributed by atoms with Crippen molar-refractivity contribution in [3.8, 4) is 11.1 Å². The maximum absolute atomic E-state index is 12.9. The molecule has 3 atom stereocenters. The van der Waals surface area contributed by atoms with Crippen molar-refractivity contribution in [3.05, 3.63) is 95.6 Å². The lowest BCUT2D eigenvalue weighted by Gasteiger charge is -2.21. The molecule has 1 saturated heterocycles. The lowest BCUT2D eigenvalue weighted by Crippen LogP contribution is -2.33. The van der Waals surface area contributed by atoms with Crippen LogP contribution in [0.2, 0.25) is 0 Å². The molecule has 2 N–H and O–H groups in total. The summed E-state index contributed by atoms with van der Waals surface area (Å²) in [5, 5.41) is 6.79. The maximum Gasteiger partial charge on any atom is 0.251 e. The third-order valence-corrected chi connectivity index (χ3v) is 5.96. The molecule has 2 aliphatic rings. The number of nitrogens with one attached hydrogen (secondary N) is 2. The van der Waals surface area contributed by atoms with E-state index in [1.807, 2.05) is 42.5 Å². The summed E-state index contributed by atoms with van der Waals surface area (Å²) in [6, 6.07) is 26.7. The Hall–Kier alpha value is -2.91. The molecule has 1 fully saturated rings. The van der Waals surface area contributed by atoms with E-state index in [0.717, 1.165) is 24.2 Å². The minimum atomic E-state index is 0.00182. The largest absolute Gasteiger partial charge is 0.345 e. The van der Waals surface area contributed by atoms with Crippen molar-refractivity contribution in [2.45, 2.75) is 12.0 Å². The zero-order valence-electron chi connectivity index (χ0n) is 15.1. The van der Waals surface area contributed by atoms with Crippen LogP contribution in [0.1, 0.15) is 33.4 Å². The molecule has 1 amide bonds. The van der Waals surface area contributed by atoms with E-state index in [-0.39, 0.29) is 11.9 Å². The lowest BCUT2D eigenvalue weighted by atomic mass is 9.94. The van der Waals surface area contributed by atoms with Gasteiger partial charge in [0.15, 0.2) is 0 Å². The molecule has 0 bridgehead atoms. The summed E-state index contributed by atoms with van der Waals surface area (Å²) >= 11 is 0. The highest BCUT2D eigenvalue weighted by atomic mass is 16.1. The van der Waals surface area contributed by atoms with Crippen molar-refractivity contribution in [3.63, 3.8) is 0 Å². The number of hydrogen-bond donors (Lipinski definition) is 2. The van der Waals surface area contributed by atoms with E-state index >= 15 is 0 Å².